The molecule has 0 fully saturated rings. The van der Waals surface area contributed by atoms with Gasteiger partial charge in [0, 0.05) is 25.2 Å². The highest BCUT2D eigenvalue weighted by Crippen LogP contribution is 2.26. The first-order valence-electron chi connectivity index (χ1n) is 4.20. The number of aryl methyl sites for hydroxylation is 1. The molecule has 0 saturated carbocycles. The minimum absolute atomic E-state index is 0.0455. The smallest absolute Gasteiger partial charge is 0.261 e. The van der Waals surface area contributed by atoms with Crippen molar-refractivity contribution in [2.75, 3.05) is 0 Å². The minimum atomic E-state index is -0.0455. The number of hydrogen-bond donors (Lipinski definition) is 0. The SMILES string of the molecule is Cn1sc(Sc2cccc[n+]2[O-])cc1=O. The molecule has 0 aromatic carbocycles. The summed E-state index contributed by atoms with van der Waals surface area (Å²) in [7, 11) is 1.70. The van der Waals surface area contributed by atoms with E-state index in [1.165, 1.54) is 39.5 Å². The van der Waals surface area contributed by atoms with Crippen molar-refractivity contribution in [1.82, 2.24) is 3.96 Å². The van der Waals surface area contributed by atoms with Crippen molar-refractivity contribution in [3.8, 4) is 0 Å². The molecule has 0 unspecified atom stereocenters. The summed E-state index contributed by atoms with van der Waals surface area (Å²) in [5, 5.41) is 11.9. The third-order valence-corrected chi connectivity index (χ3v) is 3.84. The Bertz CT molecular complexity index is 533. The highest BCUT2D eigenvalue weighted by Gasteiger charge is 2.09. The fourth-order valence-corrected chi connectivity index (χ4v) is 3.01. The van der Waals surface area contributed by atoms with Crippen molar-refractivity contribution in [1.29, 1.82) is 0 Å². The number of hydrogen-bond acceptors (Lipinski definition) is 4. The molecule has 0 aliphatic heterocycles. The monoisotopic (exact) mass is 240 g/mol. The molecule has 0 aliphatic rings. The van der Waals surface area contributed by atoms with Crippen LogP contribution in [0, 0.1) is 5.21 Å². The van der Waals surface area contributed by atoms with Gasteiger partial charge in [0.15, 0.2) is 6.20 Å². The van der Waals surface area contributed by atoms with E-state index in [4.69, 9.17) is 0 Å². The third kappa shape index (κ3) is 2.21. The van der Waals surface area contributed by atoms with Crippen LogP contribution in [0.5, 0.6) is 0 Å². The van der Waals surface area contributed by atoms with Crippen LogP contribution in [0.15, 0.2) is 44.5 Å². The molecule has 0 saturated heterocycles. The quantitative estimate of drug-likeness (QED) is 0.586. The average Bonchev–Trinajstić information content (AvgIpc) is 2.50. The molecule has 0 radical (unpaired) electrons. The van der Waals surface area contributed by atoms with E-state index in [0.717, 1.165) is 8.94 Å². The lowest BCUT2D eigenvalue weighted by atomic mass is 10.5. The molecule has 2 aromatic heterocycles. The molecule has 0 spiro atoms. The van der Waals surface area contributed by atoms with Crippen molar-refractivity contribution in [2.45, 2.75) is 9.24 Å². The van der Waals surface area contributed by atoms with Gasteiger partial charge in [0.2, 0.25) is 0 Å². The largest absolute Gasteiger partial charge is 0.618 e. The predicted molar refractivity (Wildman–Crippen MR) is 59.1 cm³/mol. The van der Waals surface area contributed by atoms with E-state index in [0.29, 0.717) is 5.03 Å². The molecular weight excluding hydrogens is 232 g/mol. The maximum absolute atomic E-state index is 11.3. The van der Waals surface area contributed by atoms with Crippen LogP contribution in [0.1, 0.15) is 0 Å². The molecule has 6 heteroatoms. The molecule has 2 rings (SSSR count). The van der Waals surface area contributed by atoms with Crippen LogP contribution in [0.3, 0.4) is 0 Å². The van der Waals surface area contributed by atoms with Gasteiger partial charge in [-0.25, -0.2) is 0 Å². The summed E-state index contributed by atoms with van der Waals surface area (Å²) < 4.78 is 3.13. The number of nitrogens with zero attached hydrogens (tertiary/aromatic N) is 2. The average molecular weight is 240 g/mol. The first kappa shape index (κ1) is 10.3. The van der Waals surface area contributed by atoms with E-state index >= 15 is 0 Å². The second-order valence-electron chi connectivity index (χ2n) is 2.86. The van der Waals surface area contributed by atoms with Crippen LogP contribution < -0.4 is 10.3 Å². The van der Waals surface area contributed by atoms with Crippen molar-refractivity contribution in [3.05, 3.63) is 46.0 Å². The van der Waals surface area contributed by atoms with Crippen LogP contribution in [-0.2, 0) is 7.05 Å². The van der Waals surface area contributed by atoms with Gasteiger partial charge in [0.05, 0.1) is 4.21 Å². The summed E-state index contributed by atoms with van der Waals surface area (Å²) in [5.41, 5.74) is -0.0455. The normalized spacial score (nSPS) is 10.5. The summed E-state index contributed by atoms with van der Waals surface area (Å²) in [6, 6.07) is 6.72. The fraction of sp³-hybridized carbons (Fsp3) is 0.111. The Hall–Kier alpha value is -1.27. The lowest BCUT2D eigenvalue weighted by molar-refractivity contribution is -0.645. The summed E-state index contributed by atoms with van der Waals surface area (Å²) >= 11 is 2.63. The molecule has 0 atom stereocenters. The highest BCUT2D eigenvalue weighted by molar-refractivity contribution is 8.00. The zero-order chi connectivity index (χ0) is 10.8. The van der Waals surface area contributed by atoms with E-state index < -0.39 is 0 Å². The van der Waals surface area contributed by atoms with Crippen molar-refractivity contribution in [3.63, 3.8) is 0 Å². The van der Waals surface area contributed by atoms with Gasteiger partial charge in [0.25, 0.3) is 10.6 Å². The standard InChI is InChI=1S/C9H8N2O2S2/c1-10-7(12)6-9(15-10)14-8-4-2-3-5-11(8)13/h2-6H,1H3. The highest BCUT2D eigenvalue weighted by atomic mass is 32.2. The molecule has 15 heavy (non-hydrogen) atoms. The molecule has 78 valence electrons. The van der Waals surface area contributed by atoms with Crippen LogP contribution in [0.4, 0.5) is 0 Å². The van der Waals surface area contributed by atoms with Crippen LogP contribution >= 0.6 is 23.3 Å². The first-order chi connectivity index (χ1) is 7.16. The van der Waals surface area contributed by atoms with Gasteiger partial charge in [-0.15, -0.1) is 0 Å². The van der Waals surface area contributed by atoms with Crippen molar-refractivity contribution >= 4 is 23.3 Å². The Morgan fingerprint density at radius 3 is 2.93 bits per heavy atom. The molecule has 0 amide bonds. The zero-order valence-corrected chi connectivity index (χ0v) is 9.55. The van der Waals surface area contributed by atoms with Gasteiger partial charge in [-0.2, -0.15) is 4.73 Å². The Labute approximate surface area is 94.5 Å². The Morgan fingerprint density at radius 1 is 1.53 bits per heavy atom. The van der Waals surface area contributed by atoms with Gasteiger partial charge in [0.1, 0.15) is 0 Å². The maximum atomic E-state index is 11.3. The van der Waals surface area contributed by atoms with Crippen LogP contribution in [0.2, 0.25) is 0 Å². The van der Waals surface area contributed by atoms with E-state index in [-0.39, 0.29) is 5.56 Å². The fourth-order valence-electron chi connectivity index (χ4n) is 1.04. The van der Waals surface area contributed by atoms with Crippen LogP contribution in [-0.4, -0.2) is 3.96 Å². The molecule has 2 aromatic rings. The third-order valence-electron chi connectivity index (χ3n) is 1.77. The molecule has 4 nitrogen and oxygen atoms in total. The van der Waals surface area contributed by atoms with Gasteiger partial charge >= 0.3 is 0 Å². The van der Waals surface area contributed by atoms with E-state index in [1.54, 1.807) is 25.2 Å². The second-order valence-corrected chi connectivity index (χ2v) is 5.35. The lowest BCUT2D eigenvalue weighted by Gasteiger charge is -2.00. The van der Waals surface area contributed by atoms with Gasteiger partial charge in [-0.3, -0.25) is 8.75 Å². The number of rotatable bonds is 2. The van der Waals surface area contributed by atoms with E-state index in [9.17, 15) is 10.0 Å². The Morgan fingerprint density at radius 2 is 2.33 bits per heavy atom. The summed E-state index contributed by atoms with van der Waals surface area (Å²) in [6.45, 7) is 0. The second kappa shape index (κ2) is 4.08. The summed E-state index contributed by atoms with van der Waals surface area (Å²) in [5.74, 6) is 0. The van der Waals surface area contributed by atoms with Gasteiger partial charge in [-0.05, 0) is 29.4 Å². The molecular formula is C9H8N2O2S2. The summed E-state index contributed by atoms with van der Waals surface area (Å²) in [4.78, 5) is 11.2. The molecule has 2 heterocycles. The Kier molecular flexibility index (Phi) is 2.79. The van der Waals surface area contributed by atoms with Crippen molar-refractivity contribution < 1.29 is 4.73 Å². The summed E-state index contributed by atoms with van der Waals surface area (Å²) in [6.07, 6.45) is 1.44. The van der Waals surface area contributed by atoms with E-state index in [2.05, 4.69) is 0 Å². The van der Waals surface area contributed by atoms with Gasteiger partial charge in [-0.1, -0.05) is 0 Å². The topological polar surface area (TPSA) is 48.9 Å². The lowest BCUT2D eigenvalue weighted by Crippen LogP contribution is -2.27. The Balaban J connectivity index is 2.30. The molecule has 0 N–H and O–H groups in total. The van der Waals surface area contributed by atoms with Crippen LogP contribution in [0.25, 0.3) is 0 Å². The zero-order valence-electron chi connectivity index (χ0n) is 7.91. The van der Waals surface area contributed by atoms with E-state index in [1.807, 2.05) is 0 Å². The maximum Gasteiger partial charge on any atom is 0.261 e. The van der Waals surface area contributed by atoms with Crippen molar-refractivity contribution in [2.24, 2.45) is 7.05 Å². The van der Waals surface area contributed by atoms with Gasteiger partial charge < -0.3 is 5.21 Å². The predicted octanol–water partition coefficient (Wildman–Crippen LogP) is 1.23. The first-order valence-corrected chi connectivity index (χ1v) is 5.79. The minimum Gasteiger partial charge on any atom is -0.618 e. The molecule has 0 aliphatic carbocycles. The number of aromatic nitrogens is 2. The number of pyridine rings is 1. The molecule has 0 bridgehead atoms.